The molecule has 0 amide bonds. The van der Waals surface area contributed by atoms with Gasteiger partial charge in [-0.3, -0.25) is 0 Å². The Kier molecular flexibility index (Phi) is 13.8. The Hall–Kier alpha value is -1.16. The third-order valence-electron chi connectivity index (χ3n) is 4.18. The maximum absolute atomic E-state index is 5.82. The molecule has 2 aromatic heterocycles. The maximum atomic E-state index is 5.82. The Bertz CT molecular complexity index is 607. The summed E-state index contributed by atoms with van der Waals surface area (Å²) in [6.45, 7) is 11.4. The van der Waals surface area contributed by atoms with Crippen molar-refractivity contribution in [3.8, 4) is 11.5 Å². The number of nitrogens with one attached hydrogen (secondary N) is 2. The summed E-state index contributed by atoms with van der Waals surface area (Å²) in [6.07, 6.45) is 2.27. The van der Waals surface area contributed by atoms with E-state index >= 15 is 0 Å². The van der Waals surface area contributed by atoms with Gasteiger partial charge >= 0.3 is 0 Å². The van der Waals surface area contributed by atoms with Gasteiger partial charge < -0.3 is 29.6 Å². The quantitative estimate of drug-likeness (QED) is 0.307. The van der Waals surface area contributed by atoms with E-state index in [1.807, 2.05) is 12.1 Å². The first kappa shape index (κ1) is 25.1. The van der Waals surface area contributed by atoms with Crippen molar-refractivity contribution in [3.05, 3.63) is 32.6 Å². The lowest BCUT2D eigenvalue weighted by atomic mass is 10.4. The van der Waals surface area contributed by atoms with Crippen LogP contribution in [0.5, 0.6) is 11.5 Å². The van der Waals surface area contributed by atoms with Gasteiger partial charge in [-0.1, -0.05) is 13.8 Å². The molecule has 0 spiro atoms. The van der Waals surface area contributed by atoms with Crippen molar-refractivity contribution in [2.75, 3.05) is 52.7 Å². The number of hydrogen-bond acceptors (Lipinski definition) is 8. The van der Waals surface area contributed by atoms with E-state index in [1.165, 1.54) is 9.75 Å². The standard InChI is InChI=1S/C22H36N2O4S2/c1-3-7-23-17-21-19(5-15-29-21)27-13-11-25-9-10-26-12-14-28-20-6-16-30-22(20)18-24-8-4-2/h5-6,15-16,23-24H,3-4,7-14,17-18H2,1-2H3. The zero-order valence-corrected chi connectivity index (χ0v) is 19.9. The van der Waals surface area contributed by atoms with E-state index in [1.54, 1.807) is 22.7 Å². The molecule has 2 rings (SSSR count). The molecule has 0 aliphatic carbocycles. The minimum Gasteiger partial charge on any atom is -0.490 e. The molecular weight excluding hydrogens is 420 g/mol. The van der Waals surface area contributed by atoms with Crippen molar-refractivity contribution in [2.24, 2.45) is 0 Å². The van der Waals surface area contributed by atoms with Gasteiger partial charge in [0.05, 0.1) is 36.2 Å². The van der Waals surface area contributed by atoms with E-state index in [9.17, 15) is 0 Å². The second kappa shape index (κ2) is 16.5. The van der Waals surface area contributed by atoms with Gasteiger partial charge in [0.2, 0.25) is 0 Å². The predicted molar refractivity (Wildman–Crippen MR) is 125 cm³/mol. The first-order valence-corrected chi connectivity index (χ1v) is 12.6. The fourth-order valence-electron chi connectivity index (χ4n) is 2.67. The van der Waals surface area contributed by atoms with Crippen molar-refractivity contribution in [2.45, 2.75) is 39.8 Å². The summed E-state index contributed by atoms with van der Waals surface area (Å²) in [4.78, 5) is 2.48. The van der Waals surface area contributed by atoms with Crippen LogP contribution in [0.25, 0.3) is 0 Å². The van der Waals surface area contributed by atoms with Crippen molar-refractivity contribution < 1.29 is 18.9 Å². The summed E-state index contributed by atoms with van der Waals surface area (Å²) in [5.74, 6) is 1.91. The molecule has 0 fully saturated rings. The molecule has 0 saturated heterocycles. The van der Waals surface area contributed by atoms with E-state index in [2.05, 4.69) is 35.2 Å². The zero-order chi connectivity index (χ0) is 21.3. The monoisotopic (exact) mass is 456 g/mol. The van der Waals surface area contributed by atoms with Crippen LogP contribution < -0.4 is 20.1 Å². The highest BCUT2D eigenvalue weighted by Crippen LogP contribution is 2.25. The van der Waals surface area contributed by atoms with Crippen molar-refractivity contribution in [1.29, 1.82) is 0 Å². The van der Waals surface area contributed by atoms with E-state index < -0.39 is 0 Å². The molecule has 0 bridgehead atoms. The molecule has 0 radical (unpaired) electrons. The Morgan fingerprint density at radius 1 is 0.667 bits per heavy atom. The van der Waals surface area contributed by atoms with Gasteiger partial charge in [0.1, 0.15) is 24.7 Å². The molecule has 0 aliphatic heterocycles. The van der Waals surface area contributed by atoms with Crippen LogP contribution in [0.15, 0.2) is 22.9 Å². The number of hydrogen-bond donors (Lipinski definition) is 2. The number of thiophene rings is 2. The average Bonchev–Trinajstić information content (AvgIpc) is 3.39. The molecule has 170 valence electrons. The average molecular weight is 457 g/mol. The summed E-state index contributed by atoms with van der Waals surface area (Å²) in [5, 5.41) is 10.9. The lowest BCUT2D eigenvalue weighted by Crippen LogP contribution is -2.15. The SMILES string of the molecule is CCCNCc1sccc1OCCOCCOCCOc1ccsc1CNCCC. The lowest BCUT2D eigenvalue weighted by molar-refractivity contribution is 0.0273. The molecule has 0 unspecified atom stereocenters. The minimum atomic E-state index is 0.549. The van der Waals surface area contributed by atoms with Crippen LogP contribution in [0, 0.1) is 0 Å². The van der Waals surface area contributed by atoms with Crippen molar-refractivity contribution >= 4 is 22.7 Å². The molecule has 0 atom stereocenters. The van der Waals surface area contributed by atoms with Gasteiger partial charge in [-0.2, -0.15) is 0 Å². The number of ether oxygens (including phenoxy) is 4. The second-order valence-corrected chi connectivity index (χ2v) is 8.69. The Morgan fingerprint density at radius 3 is 1.53 bits per heavy atom. The molecule has 8 heteroatoms. The van der Waals surface area contributed by atoms with Crippen LogP contribution in [0.2, 0.25) is 0 Å². The van der Waals surface area contributed by atoms with E-state index in [4.69, 9.17) is 18.9 Å². The highest BCUT2D eigenvalue weighted by Gasteiger charge is 2.06. The largest absolute Gasteiger partial charge is 0.490 e. The summed E-state index contributed by atoms with van der Waals surface area (Å²) in [6, 6.07) is 4.05. The van der Waals surface area contributed by atoms with Crippen LogP contribution in [-0.4, -0.2) is 52.7 Å². The third-order valence-corrected chi connectivity index (χ3v) is 5.98. The van der Waals surface area contributed by atoms with Gasteiger partial charge in [-0.05, 0) is 48.8 Å². The highest BCUT2D eigenvalue weighted by atomic mass is 32.1. The molecule has 2 heterocycles. The first-order chi connectivity index (χ1) is 14.8. The first-order valence-electron chi connectivity index (χ1n) is 10.8. The van der Waals surface area contributed by atoms with Crippen LogP contribution in [0.4, 0.5) is 0 Å². The highest BCUT2D eigenvalue weighted by molar-refractivity contribution is 7.10. The summed E-state index contributed by atoms with van der Waals surface area (Å²) in [7, 11) is 0. The summed E-state index contributed by atoms with van der Waals surface area (Å²) in [5.41, 5.74) is 0. The summed E-state index contributed by atoms with van der Waals surface area (Å²) < 4.78 is 22.8. The predicted octanol–water partition coefficient (Wildman–Crippen LogP) is 4.30. The van der Waals surface area contributed by atoms with E-state index in [0.717, 1.165) is 50.5 Å². The van der Waals surface area contributed by atoms with E-state index in [0.29, 0.717) is 39.6 Å². The Morgan fingerprint density at radius 2 is 1.10 bits per heavy atom. The van der Waals surface area contributed by atoms with Gasteiger partial charge in [-0.15, -0.1) is 22.7 Å². The van der Waals surface area contributed by atoms with Gasteiger partial charge in [-0.25, -0.2) is 0 Å². The molecule has 30 heavy (non-hydrogen) atoms. The third kappa shape index (κ3) is 10.2. The zero-order valence-electron chi connectivity index (χ0n) is 18.2. The molecule has 6 nitrogen and oxygen atoms in total. The van der Waals surface area contributed by atoms with Crippen molar-refractivity contribution in [1.82, 2.24) is 10.6 Å². The Labute approximate surface area is 188 Å². The van der Waals surface area contributed by atoms with E-state index in [-0.39, 0.29) is 0 Å². The minimum absolute atomic E-state index is 0.549. The van der Waals surface area contributed by atoms with Gasteiger partial charge in [0.25, 0.3) is 0 Å². The summed E-state index contributed by atoms with van der Waals surface area (Å²) >= 11 is 3.44. The van der Waals surface area contributed by atoms with Gasteiger partial charge in [0, 0.05) is 13.1 Å². The second-order valence-electron chi connectivity index (χ2n) is 6.69. The van der Waals surface area contributed by atoms with Crippen molar-refractivity contribution in [3.63, 3.8) is 0 Å². The molecule has 0 aromatic carbocycles. The Balaban J connectivity index is 1.44. The van der Waals surface area contributed by atoms with Crippen LogP contribution in [0.3, 0.4) is 0 Å². The van der Waals surface area contributed by atoms with Crippen LogP contribution in [0.1, 0.15) is 36.4 Å². The lowest BCUT2D eigenvalue weighted by Gasteiger charge is -2.10. The molecular formula is C22H36N2O4S2. The van der Waals surface area contributed by atoms with Gasteiger partial charge in [0.15, 0.2) is 0 Å². The number of rotatable bonds is 19. The molecule has 2 N–H and O–H groups in total. The maximum Gasteiger partial charge on any atom is 0.134 e. The normalized spacial score (nSPS) is 11.1. The smallest absolute Gasteiger partial charge is 0.134 e. The fourth-order valence-corrected chi connectivity index (χ4v) is 4.24. The molecule has 0 saturated carbocycles. The fraction of sp³-hybridized carbons (Fsp3) is 0.636. The topological polar surface area (TPSA) is 61.0 Å². The van der Waals surface area contributed by atoms with Crippen LogP contribution >= 0.6 is 22.7 Å². The van der Waals surface area contributed by atoms with Crippen LogP contribution in [-0.2, 0) is 22.6 Å². The molecule has 2 aromatic rings. The molecule has 0 aliphatic rings.